The first-order valence-electron chi connectivity index (χ1n) is 4.91. The molecule has 0 bridgehead atoms. The highest BCUT2D eigenvalue weighted by atomic mass is 79.9. The van der Waals surface area contributed by atoms with Crippen LogP contribution in [0.1, 0.15) is 16.5 Å². The Hall–Kier alpha value is -0.110. The van der Waals surface area contributed by atoms with Crippen molar-refractivity contribution in [2.24, 2.45) is 0 Å². The molecule has 0 saturated carbocycles. The van der Waals surface area contributed by atoms with Crippen molar-refractivity contribution in [1.82, 2.24) is 5.32 Å². The lowest BCUT2D eigenvalue weighted by Gasteiger charge is -2.15. The van der Waals surface area contributed by atoms with Gasteiger partial charge in [0.1, 0.15) is 6.61 Å². The van der Waals surface area contributed by atoms with Gasteiger partial charge in [-0.1, -0.05) is 0 Å². The molecule has 0 aromatic carbocycles. The van der Waals surface area contributed by atoms with Crippen LogP contribution < -0.4 is 5.32 Å². The predicted octanol–water partition coefficient (Wildman–Crippen LogP) is 3.66. The average Bonchev–Trinajstić information content (AvgIpc) is 2.52. The molecule has 1 rings (SSSR count). The first kappa shape index (κ1) is 14.9. The zero-order valence-corrected chi connectivity index (χ0v) is 11.8. The molecule has 0 fully saturated rings. The van der Waals surface area contributed by atoms with Crippen molar-refractivity contribution in [2.45, 2.75) is 19.1 Å². The van der Waals surface area contributed by atoms with E-state index >= 15 is 0 Å². The minimum atomic E-state index is -4.27. The van der Waals surface area contributed by atoms with E-state index in [2.05, 4.69) is 26.0 Å². The lowest BCUT2D eigenvalue weighted by molar-refractivity contribution is -0.175. The maximum atomic E-state index is 11.9. The van der Waals surface area contributed by atoms with Crippen molar-refractivity contribution in [1.29, 1.82) is 0 Å². The van der Waals surface area contributed by atoms with Crippen LogP contribution in [0, 0.1) is 6.92 Å². The van der Waals surface area contributed by atoms with Gasteiger partial charge in [0.15, 0.2) is 0 Å². The zero-order chi connectivity index (χ0) is 13.1. The lowest BCUT2D eigenvalue weighted by Crippen LogP contribution is -2.25. The molecule has 0 spiro atoms. The Labute approximate surface area is 110 Å². The summed E-state index contributed by atoms with van der Waals surface area (Å²) in [5.74, 6) is 0. The minimum absolute atomic E-state index is 0.00238. The molecule has 1 N–H and O–H groups in total. The highest BCUT2D eigenvalue weighted by Gasteiger charge is 2.28. The van der Waals surface area contributed by atoms with E-state index in [1.165, 1.54) is 11.3 Å². The summed E-state index contributed by atoms with van der Waals surface area (Å²) in [5, 5.41) is 2.94. The maximum absolute atomic E-state index is 11.9. The quantitative estimate of drug-likeness (QED) is 0.889. The van der Waals surface area contributed by atoms with Gasteiger partial charge in [0.2, 0.25) is 0 Å². The summed E-state index contributed by atoms with van der Waals surface area (Å²) in [7, 11) is 1.70. The minimum Gasteiger partial charge on any atom is -0.370 e. The largest absolute Gasteiger partial charge is 0.411 e. The Kier molecular flexibility index (Phi) is 5.43. The average molecular weight is 332 g/mol. The van der Waals surface area contributed by atoms with Crippen molar-refractivity contribution >= 4 is 27.3 Å². The Morgan fingerprint density at radius 3 is 2.59 bits per heavy atom. The number of rotatable bonds is 5. The number of alkyl halides is 3. The Bertz CT molecular complexity index is 347. The van der Waals surface area contributed by atoms with Crippen LogP contribution in [0.15, 0.2) is 9.85 Å². The monoisotopic (exact) mass is 331 g/mol. The molecule has 7 heteroatoms. The van der Waals surface area contributed by atoms with Gasteiger partial charge in [-0.05, 0) is 41.5 Å². The fraction of sp³-hybridized carbons (Fsp3) is 0.600. The summed E-state index contributed by atoms with van der Waals surface area (Å²) in [6, 6.07) is 1.72. The van der Waals surface area contributed by atoms with Crippen LogP contribution in [0.4, 0.5) is 13.2 Å². The maximum Gasteiger partial charge on any atom is 0.411 e. The van der Waals surface area contributed by atoms with E-state index in [0.717, 1.165) is 14.2 Å². The first-order valence-corrected chi connectivity index (χ1v) is 6.52. The summed E-state index contributed by atoms with van der Waals surface area (Å²) in [4.78, 5) is 0.957. The lowest BCUT2D eigenvalue weighted by atomic mass is 10.2. The topological polar surface area (TPSA) is 21.3 Å². The van der Waals surface area contributed by atoms with E-state index in [4.69, 9.17) is 0 Å². The van der Waals surface area contributed by atoms with Gasteiger partial charge in [-0.15, -0.1) is 11.3 Å². The van der Waals surface area contributed by atoms with Crippen LogP contribution in [0.2, 0.25) is 0 Å². The SMILES string of the molecule is CNC(COCC(F)(F)F)c1cc(C)c(Br)s1. The fourth-order valence-corrected chi connectivity index (χ4v) is 2.92. The summed E-state index contributed by atoms with van der Waals surface area (Å²) in [6.45, 7) is 0.729. The molecule has 1 unspecified atom stereocenters. The highest BCUT2D eigenvalue weighted by Crippen LogP contribution is 2.31. The number of hydrogen-bond acceptors (Lipinski definition) is 3. The smallest absolute Gasteiger partial charge is 0.370 e. The second-order valence-electron chi connectivity index (χ2n) is 3.58. The number of nitrogens with one attached hydrogen (secondary N) is 1. The third kappa shape index (κ3) is 4.95. The molecule has 0 radical (unpaired) electrons. The molecule has 98 valence electrons. The summed E-state index contributed by atoms with van der Waals surface area (Å²) in [6.07, 6.45) is -4.27. The van der Waals surface area contributed by atoms with E-state index in [0.29, 0.717) is 0 Å². The molecular formula is C10H13BrF3NOS. The Morgan fingerprint density at radius 1 is 1.53 bits per heavy atom. The molecule has 0 aliphatic heterocycles. The van der Waals surface area contributed by atoms with Crippen molar-refractivity contribution in [2.75, 3.05) is 20.3 Å². The van der Waals surface area contributed by atoms with Crippen molar-refractivity contribution in [3.05, 3.63) is 20.3 Å². The molecule has 1 aromatic rings. The van der Waals surface area contributed by atoms with Crippen LogP contribution >= 0.6 is 27.3 Å². The van der Waals surface area contributed by atoms with E-state index in [1.54, 1.807) is 7.05 Å². The third-order valence-corrected chi connectivity index (χ3v) is 4.37. The van der Waals surface area contributed by atoms with Gasteiger partial charge in [0.05, 0.1) is 16.4 Å². The van der Waals surface area contributed by atoms with E-state index in [9.17, 15) is 13.2 Å². The van der Waals surface area contributed by atoms with Gasteiger partial charge < -0.3 is 10.1 Å². The van der Waals surface area contributed by atoms with Crippen molar-refractivity contribution in [3.8, 4) is 0 Å². The Balaban J connectivity index is 2.54. The normalized spacial score (nSPS) is 14.0. The predicted molar refractivity (Wildman–Crippen MR) is 65.4 cm³/mol. The highest BCUT2D eigenvalue weighted by molar-refractivity contribution is 9.11. The molecule has 0 aliphatic carbocycles. The number of ether oxygens (including phenoxy) is 1. The molecular weight excluding hydrogens is 319 g/mol. The van der Waals surface area contributed by atoms with Gasteiger partial charge in [-0.25, -0.2) is 0 Å². The van der Waals surface area contributed by atoms with Crippen molar-refractivity contribution in [3.63, 3.8) is 0 Å². The number of hydrogen-bond donors (Lipinski definition) is 1. The summed E-state index contributed by atoms with van der Waals surface area (Å²) >= 11 is 4.88. The van der Waals surface area contributed by atoms with E-state index in [-0.39, 0.29) is 12.6 Å². The molecule has 1 heterocycles. The number of aryl methyl sites for hydroxylation is 1. The molecule has 2 nitrogen and oxygen atoms in total. The molecule has 1 atom stereocenters. The number of halogens is 4. The summed E-state index contributed by atoms with van der Waals surface area (Å²) in [5.41, 5.74) is 1.07. The molecule has 0 saturated heterocycles. The van der Waals surface area contributed by atoms with Gasteiger partial charge in [-0.3, -0.25) is 0 Å². The van der Waals surface area contributed by atoms with Gasteiger partial charge in [-0.2, -0.15) is 13.2 Å². The van der Waals surface area contributed by atoms with Crippen LogP contribution in [-0.2, 0) is 4.74 Å². The third-order valence-electron chi connectivity index (χ3n) is 2.12. The molecule has 0 aliphatic rings. The van der Waals surface area contributed by atoms with Gasteiger partial charge >= 0.3 is 6.18 Å². The van der Waals surface area contributed by atoms with Crippen molar-refractivity contribution < 1.29 is 17.9 Å². The van der Waals surface area contributed by atoms with E-state index in [1.807, 2.05) is 13.0 Å². The van der Waals surface area contributed by atoms with Crippen LogP contribution in [0.5, 0.6) is 0 Å². The first-order chi connectivity index (χ1) is 7.83. The second-order valence-corrected chi connectivity index (χ2v) is 5.98. The standard InChI is InChI=1S/C10H13BrF3NOS/c1-6-3-8(17-9(6)11)7(15-2)4-16-5-10(12,13)14/h3,7,15H,4-5H2,1-2H3. The van der Waals surface area contributed by atoms with Crippen LogP contribution in [0.3, 0.4) is 0 Å². The Morgan fingerprint density at radius 2 is 2.18 bits per heavy atom. The van der Waals surface area contributed by atoms with Gasteiger partial charge in [0.25, 0.3) is 0 Å². The van der Waals surface area contributed by atoms with Crippen LogP contribution in [0.25, 0.3) is 0 Å². The van der Waals surface area contributed by atoms with Crippen LogP contribution in [-0.4, -0.2) is 26.4 Å². The molecule has 1 aromatic heterocycles. The van der Waals surface area contributed by atoms with E-state index < -0.39 is 12.8 Å². The zero-order valence-electron chi connectivity index (χ0n) is 9.40. The second kappa shape index (κ2) is 6.17. The number of thiophene rings is 1. The fourth-order valence-electron chi connectivity index (χ4n) is 1.26. The summed E-state index contributed by atoms with van der Waals surface area (Å²) < 4.78 is 41.4. The number of likely N-dealkylation sites (N-methyl/N-ethyl adjacent to an activating group) is 1. The molecule has 0 amide bonds. The molecule has 17 heavy (non-hydrogen) atoms. The van der Waals surface area contributed by atoms with Gasteiger partial charge in [0, 0.05) is 4.88 Å².